The van der Waals surface area contributed by atoms with Crippen molar-refractivity contribution < 1.29 is 4.79 Å². The largest absolute Gasteiger partial charge is 0.309 e. The van der Waals surface area contributed by atoms with Gasteiger partial charge in [-0.3, -0.25) is 9.78 Å². The predicted octanol–water partition coefficient (Wildman–Crippen LogP) is 6.73. The van der Waals surface area contributed by atoms with E-state index in [0.29, 0.717) is 5.56 Å². The van der Waals surface area contributed by atoms with Crippen LogP contribution in [0.25, 0.3) is 28.2 Å². The maximum atomic E-state index is 12.5. The first-order chi connectivity index (χ1) is 17.2. The van der Waals surface area contributed by atoms with Crippen LogP contribution < -0.4 is 5.43 Å². The highest BCUT2D eigenvalue weighted by Crippen LogP contribution is 2.35. The highest BCUT2D eigenvalue weighted by atomic mass is 79.9. The van der Waals surface area contributed by atoms with Crippen molar-refractivity contribution in [1.29, 1.82) is 0 Å². The molecular formula is C29H21BrN4O. The third-order valence-electron chi connectivity index (χ3n) is 5.53. The molecule has 2 heterocycles. The van der Waals surface area contributed by atoms with Crippen molar-refractivity contribution in [3.8, 4) is 28.2 Å². The maximum absolute atomic E-state index is 12.5. The molecule has 3 aromatic carbocycles. The summed E-state index contributed by atoms with van der Waals surface area (Å²) in [6.45, 7) is 0. The van der Waals surface area contributed by atoms with Gasteiger partial charge in [0, 0.05) is 28.1 Å². The average Bonchev–Trinajstić information content (AvgIpc) is 3.30. The van der Waals surface area contributed by atoms with Gasteiger partial charge in [0.05, 0.1) is 23.2 Å². The summed E-state index contributed by atoms with van der Waals surface area (Å²) in [5.74, 6) is -0.314. The fourth-order valence-electron chi connectivity index (χ4n) is 3.92. The van der Waals surface area contributed by atoms with Crippen molar-refractivity contribution in [3.05, 3.63) is 131 Å². The molecule has 6 heteroatoms. The van der Waals surface area contributed by atoms with E-state index in [0.717, 1.165) is 38.2 Å². The molecule has 0 saturated carbocycles. The topological polar surface area (TPSA) is 59.3 Å². The van der Waals surface area contributed by atoms with Crippen LogP contribution >= 0.6 is 15.9 Å². The molecule has 1 amide bonds. The molecular weight excluding hydrogens is 500 g/mol. The van der Waals surface area contributed by atoms with E-state index in [1.165, 1.54) is 6.20 Å². The lowest BCUT2D eigenvalue weighted by Crippen LogP contribution is -2.17. The molecule has 0 radical (unpaired) electrons. The van der Waals surface area contributed by atoms with Gasteiger partial charge in [-0.15, -0.1) is 0 Å². The van der Waals surface area contributed by atoms with E-state index in [9.17, 15) is 4.79 Å². The summed E-state index contributed by atoms with van der Waals surface area (Å²) >= 11 is 3.54. The van der Waals surface area contributed by atoms with Crippen LogP contribution in [0, 0.1) is 0 Å². The number of aromatic nitrogens is 2. The van der Waals surface area contributed by atoms with Gasteiger partial charge in [0.2, 0.25) is 0 Å². The molecule has 0 atom stereocenters. The van der Waals surface area contributed by atoms with Gasteiger partial charge < -0.3 is 4.57 Å². The van der Waals surface area contributed by atoms with E-state index < -0.39 is 0 Å². The fourth-order valence-corrected chi connectivity index (χ4v) is 4.19. The maximum Gasteiger partial charge on any atom is 0.272 e. The lowest BCUT2D eigenvalue weighted by Gasteiger charge is -2.15. The Morgan fingerprint density at radius 3 is 2.20 bits per heavy atom. The van der Waals surface area contributed by atoms with Crippen LogP contribution in [0.15, 0.2) is 125 Å². The number of pyridine rings is 1. The third kappa shape index (κ3) is 4.98. The highest BCUT2D eigenvalue weighted by Gasteiger charge is 2.18. The molecule has 0 aliphatic heterocycles. The van der Waals surface area contributed by atoms with Crippen molar-refractivity contribution >= 4 is 28.1 Å². The predicted molar refractivity (Wildman–Crippen MR) is 144 cm³/mol. The number of carbonyl (C=O) groups excluding carboxylic acids is 1. The molecule has 0 fully saturated rings. The molecule has 5 aromatic rings. The Hall–Kier alpha value is -4.29. The minimum atomic E-state index is -0.314. The summed E-state index contributed by atoms with van der Waals surface area (Å²) in [6.07, 6.45) is 4.83. The van der Waals surface area contributed by atoms with Gasteiger partial charge in [-0.2, -0.15) is 5.10 Å². The Morgan fingerprint density at radius 1 is 0.857 bits per heavy atom. The van der Waals surface area contributed by atoms with Crippen LogP contribution in [0.2, 0.25) is 0 Å². The summed E-state index contributed by atoms with van der Waals surface area (Å²) < 4.78 is 3.23. The van der Waals surface area contributed by atoms with Crippen LogP contribution in [0.4, 0.5) is 0 Å². The monoisotopic (exact) mass is 520 g/mol. The van der Waals surface area contributed by atoms with Crippen molar-refractivity contribution in [2.45, 2.75) is 0 Å². The second-order valence-corrected chi connectivity index (χ2v) is 8.73. The number of hydrazone groups is 1. The number of hydrogen-bond donors (Lipinski definition) is 1. The number of rotatable bonds is 6. The number of hydrogen-bond acceptors (Lipinski definition) is 3. The lowest BCUT2D eigenvalue weighted by atomic mass is 10.1. The van der Waals surface area contributed by atoms with Crippen molar-refractivity contribution in [2.24, 2.45) is 5.10 Å². The number of nitrogens with one attached hydrogen (secondary N) is 1. The summed E-state index contributed by atoms with van der Waals surface area (Å²) in [5, 5.41) is 4.29. The standard InChI is InChI=1S/C29H21BrN4O/c30-25-13-15-26(16-14-25)34-27(21-8-3-1-4-9-21)18-24(28(34)22-10-5-2-6-11-22)20-32-33-29(35)23-12-7-17-31-19-23/h1-20H,(H,33,35)/b32-20+. The molecule has 35 heavy (non-hydrogen) atoms. The van der Waals surface area contributed by atoms with E-state index in [1.54, 1.807) is 24.5 Å². The van der Waals surface area contributed by atoms with Gasteiger partial charge in [0.25, 0.3) is 5.91 Å². The van der Waals surface area contributed by atoms with Crippen molar-refractivity contribution in [3.63, 3.8) is 0 Å². The van der Waals surface area contributed by atoms with E-state index in [-0.39, 0.29) is 5.91 Å². The van der Waals surface area contributed by atoms with Gasteiger partial charge in [-0.1, -0.05) is 76.6 Å². The minimum absolute atomic E-state index is 0.314. The Labute approximate surface area is 211 Å². The van der Waals surface area contributed by atoms with Crippen LogP contribution in [0.1, 0.15) is 15.9 Å². The van der Waals surface area contributed by atoms with Crippen molar-refractivity contribution in [2.75, 3.05) is 0 Å². The first-order valence-corrected chi connectivity index (χ1v) is 11.9. The second kappa shape index (κ2) is 10.3. The molecule has 5 rings (SSSR count). The number of amides is 1. The molecule has 0 unspecified atom stereocenters. The number of carbonyl (C=O) groups is 1. The van der Waals surface area contributed by atoms with Gasteiger partial charge in [-0.25, -0.2) is 5.43 Å². The van der Waals surface area contributed by atoms with Gasteiger partial charge in [-0.05, 0) is 53.6 Å². The zero-order valence-corrected chi connectivity index (χ0v) is 20.3. The molecule has 170 valence electrons. The van der Waals surface area contributed by atoms with E-state index in [4.69, 9.17) is 0 Å². The summed E-state index contributed by atoms with van der Waals surface area (Å²) in [7, 11) is 0. The van der Waals surface area contributed by atoms with E-state index in [2.05, 4.69) is 78.5 Å². The molecule has 0 bridgehead atoms. The van der Waals surface area contributed by atoms with Crippen LogP contribution in [-0.2, 0) is 0 Å². The summed E-state index contributed by atoms with van der Waals surface area (Å²) in [6, 6.07) is 34.1. The van der Waals surface area contributed by atoms with Gasteiger partial charge in [0.1, 0.15) is 0 Å². The smallest absolute Gasteiger partial charge is 0.272 e. The molecule has 1 N–H and O–H groups in total. The molecule has 5 nitrogen and oxygen atoms in total. The van der Waals surface area contributed by atoms with Gasteiger partial charge >= 0.3 is 0 Å². The molecule has 0 spiro atoms. The summed E-state index contributed by atoms with van der Waals surface area (Å²) in [4.78, 5) is 16.5. The Balaban J connectivity index is 1.65. The molecule has 2 aromatic heterocycles. The number of nitrogens with zero attached hydrogens (tertiary/aromatic N) is 3. The Kier molecular flexibility index (Phi) is 6.63. The van der Waals surface area contributed by atoms with Crippen LogP contribution in [0.3, 0.4) is 0 Å². The van der Waals surface area contributed by atoms with Crippen molar-refractivity contribution in [1.82, 2.24) is 15.0 Å². The van der Waals surface area contributed by atoms with Crippen LogP contribution in [-0.4, -0.2) is 21.7 Å². The van der Waals surface area contributed by atoms with Crippen LogP contribution in [0.5, 0.6) is 0 Å². The normalized spacial score (nSPS) is 11.0. The zero-order chi connectivity index (χ0) is 24.0. The number of halogens is 1. The molecule has 0 aliphatic rings. The SMILES string of the molecule is O=C(N/N=C/c1cc(-c2ccccc2)n(-c2ccc(Br)cc2)c1-c1ccccc1)c1cccnc1. The molecule has 0 aliphatic carbocycles. The number of benzene rings is 3. The highest BCUT2D eigenvalue weighted by molar-refractivity contribution is 9.10. The minimum Gasteiger partial charge on any atom is -0.309 e. The lowest BCUT2D eigenvalue weighted by molar-refractivity contribution is 0.0955. The summed E-state index contributed by atoms with van der Waals surface area (Å²) in [5.41, 5.74) is 9.08. The zero-order valence-electron chi connectivity index (χ0n) is 18.7. The quantitative estimate of drug-likeness (QED) is 0.199. The fraction of sp³-hybridized carbons (Fsp3) is 0. The average molecular weight is 521 g/mol. The molecule has 0 saturated heterocycles. The second-order valence-electron chi connectivity index (χ2n) is 7.82. The van der Waals surface area contributed by atoms with E-state index in [1.807, 2.05) is 48.5 Å². The van der Waals surface area contributed by atoms with Gasteiger partial charge in [0.15, 0.2) is 0 Å². The Morgan fingerprint density at radius 2 is 1.54 bits per heavy atom. The third-order valence-corrected chi connectivity index (χ3v) is 6.05. The first kappa shape index (κ1) is 22.5. The Bertz CT molecular complexity index is 1460. The van der Waals surface area contributed by atoms with E-state index >= 15 is 0 Å². The first-order valence-electron chi connectivity index (χ1n) is 11.1.